The Kier molecular flexibility index (Phi) is 3.59. The van der Waals surface area contributed by atoms with Crippen molar-refractivity contribution in [3.8, 4) is 0 Å². The average molecular weight is 209 g/mol. The maximum Gasteiger partial charge on any atom is 0.313 e. The van der Waals surface area contributed by atoms with E-state index in [4.69, 9.17) is 17.3 Å². The van der Waals surface area contributed by atoms with E-state index < -0.39 is 11.9 Å². The summed E-state index contributed by atoms with van der Waals surface area (Å²) < 4.78 is 0. The molecule has 3 nitrogen and oxygen atoms in total. The lowest BCUT2D eigenvalue weighted by atomic mass is 10.2. The van der Waals surface area contributed by atoms with Crippen molar-refractivity contribution in [3.63, 3.8) is 0 Å². The Bertz CT molecular complexity index is 337. The molecule has 0 aliphatic heterocycles. The van der Waals surface area contributed by atoms with Crippen LogP contribution in [0.25, 0.3) is 0 Å². The van der Waals surface area contributed by atoms with Gasteiger partial charge in [0.1, 0.15) is 5.92 Å². The standard InChI is InChI=1S/C10H11NO2S/c1-7(10(12)13)9(14)11-8-5-3-2-4-6-8/h2-7H,1H3,(H,11,14)(H,12,13). The van der Waals surface area contributed by atoms with Crippen LogP contribution in [0.1, 0.15) is 6.92 Å². The zero-order valence-electron chi connectivity index (χ0n) is 7.73. The second-order valence-corrected chi connectivity index (χ2v) is 3.36. The monoisotopic (exact) mass is 209 g/mol. The van der Waals surface area contributed by atoms with Crippen LogP contribution in [0.5, 0.6) is 0 Å². The molecular formula is C10H11NO2S. The number of carboxylic acids is 1. The predicted octanol–water partition coefficient (Wildman–Crippen LogP) is 2.15. The highest BCUT2D eigenvalue weighted by atomic mass is 32.1. The van der Waals surface area contributed by atoms with Crippen molar-refractivity contribution >= 4 is 28.9 Å². The first kappa shape index (κ1) is 10.7. The number of hydrogen-bond donors (Lipinski definition) is 2. The second kappa shape index (κ2) is 4.72. The lowest BCUT2D eigenvalue weighted by Gasteiger charge is -2.10. The zero-order valence-corrected chi connectivity index (χ0v) is 8.54. The molecule has 2 N–H and O–H groups in total. The van der Waals surface area contributed by atoms with Crippen molar-refractivity contribution < 1.29 is 9.90 Å². The fourth-order valence-corrected chi connectivity index (χ4v) is 1.10. The van der Waals surface area contributed by atoms with Gasteiger partial charge in [-0.25, -0.2) is 0 Å². The molecule has 0 spiro atoms. The van der Waals surface area contributed by atoms with Crippen LogP contribution in [0.4, 0.5) is 5.69 Å². The Labute approximate surface area is 87.8 Å². The van der Waals surface area contributed by atoms with Gasteiger partial charge in [0.2, 0.25) is 0 Å². The van der Waals surface area contributed by atoms with Gasteiger partial charge in [-0.3, -0.25) is 4.79 Å². The third kappa shape index (κ3) is 2.81. The van der Waals surface area contributed by atoms with Gasteiger partial charge >= 0.3 is 5.97 Å². The van der Waals surface area contributed by atoms with Crippen molar-refractivity contribution in [2.75, 3.05) is 5.32 Å². The molecule has 1 atom stereocenters. The highest BCUT2D eigenvalue weighted by Gasteiger charge is 2.16. The number of benzene rings is 1. The molecule has 74 valence electrons. The van der Waals surface area contributed by atoms with Gasteiger partial charge in [0.05, 0.1) is 4.99 Å². The first-order valence-corrected chi connectivity index (χ1v) is 4.61. The molecule has 0 aliphatic carbocycles. The molecule has 14 heavy (non-hydrogen) atoms. The van der Waals surface area contributed by atoms with E-state index in [0.29, 0.717) is 4.99 Å². The molecule has 0 fully saturated rings. The van der Waals surface area contributed by atoms with Gasteiger partial charge in [0, 0.05) is 5.69 Å². The summed E-state index contributed by atoms with van der Waals surface area (Å²) in [6.07, 6.45) is 0. The van der Waals surface area contributed by atoms with Crippen LogP contribution in [0.3, 0.4) is 0 Å². The smallest absolute Gasteiger partial charge is 0.313 e. The van der Waals surface area contributed by atoms with Gasteiger partial charge in [0.25, 0.3) is 0 Å². The summed E-state index contributed by atoms with van der Waals surface area (Å²) in [4.78, 5) is 10.9. The lowest BCUT2D eigenvalue weighted by molar-refractivity contribution is -0.138. The van der Waals surface area contributed by atoms with Crippen LogP contribution in [0.2, 0.25) is 0 Å². The number of carbonyl (C=O) groups is 1. The molecule has 1 unspecified atom stereocenters. The molecule has 0 saturated heterocycles. The Balaban J connectivity index is 2.62. The highest BCUT2D eigenvalue weighted by molar-refractivity contribution is 7.80. The van der Waals surface area contributed by atoms with Gasteiger partial charge in [-0.05, 0) is 19.1 Å². The number of anilines is 1. The molecule has 0 aliphatic rings. The third-order valence-electron chi connectivity index (χ3n) is 1.81. The Morgan fingerprint density at radius 3 is 2.50 bits per heavy atom. The zero-order chi connectivity index (χ0) is 10.6. The fraction of sp³-hybridized carbons (Fsp3) is 0.200. The quantitative estimate of drug-likeness (QED) is 0.749. The number of aliphatic carboxylic acids is 1. The van der Waals surface area contributed by atoms with Crippen LogP contribution in [0, 0.1) is 5.92 Å². The number of rotatable bonds is 3. The first-order valence-electron chi connectivity index (χ1n) is 4.20. The molecule has 1 aromatic carbocycles. The Morgan fingerprint density at radius 2 is 2.00 bits per heavy atom. The van der Waals surface area contributed by atoms with Crippen molar-refractivity contribution in [1.82, 2.24) is 0 Å². The predicted molar refractivity (Wildman–Crippen MR) is 59.5 cm³/mol. The second-order valence-electron chi connectivity index (χ2n) is 2.92. The molecule has 0 bridgehead atoms. The molecular weight excluding hydrogens is 198 g/mol. The van der Waals surface area contributed by atoms with Crippen molar-refractivity contribution in [2.45, 2.75) is 6.92 Å². The number of para-hydroxylation sites is 1. The maximum absolute atomic E-state index is 10.6. The number of hydrogen-bond acceptors (Lipinski definition) is 2. The minimum absolute atomic E-state index is 0.323. The van der Waals surface area contributed by atoms with Crippen LogP contribution in [0.15, 0.2) is 30.3 Å². The molecule has 0 saturated carbocycles. The van der Waals surface area contributed by atoms with E-state index in [-0.39, 0.29) is 0 Å². The normalized spacial score (nSPS) is 11.8. The average Bonchev–Trinajstić information content (AvgIpc) is 2.18. The van der Waals surface area contributed by atoms with E-state index in [1.807, 2.05) is 30.3 Å². The highest BCUT2D eigenvalue weighted by Crippen LogP contribution is 2.08. The van der Waals surface area contributed by atoms with Crippen molar-refractivity contribution in [3.05, 3.63) is 30.3 Å². The van der Waals surface area contributed by atoms with Crippen LogP contribution in [-0.4, -0.2) is 16.1 Å². The van der Waals surface area contributed by atoms with Crippen LogP contribution >= 0.6 is 12.2 Å². The van der Waals surface area contributed by atoms with Crippen LogP contribution < -0.4 is 5.32 Å². The maximum atomic E-state index is 10.6. The van der Waals surface area contributed by atoms with Crippen LogP contribution in [-0.2, 0) is 4.79 Å². The molecule has 4 heteroatoms. The van der Waals surface area contributed by atoms with Gasteiger partial charge in [0.15, 0.2) is 0 Å². The van der Waals surface area contributed by atoms with Gasteiger partial charge in [-0.2, -0.15) is 0 Å². The SMILES string of the molecule is CC(C(=O)O)C(=S)Nc1ccccc1. The largest absolute Gasteiger partial charge is 0.481 e. The summed E-state index contributed by atoms with van der Waals surface area (Å²) in [6, 6.07) is 9.27. The summed E-state index contributed by atoms with van der Waals surface area (Å²) in [6.45, 7) is 1.56. The van der Waals surface area contributed by atoms with E-state index in [1.54, 1.807) is 6.92 Å². The van der Waals surface area contributed by atoms with E-state index in [0.717, 1.165) is 5.69 Å². The van der Waals surface area contributed by atoms with Crippen molar-refractivity contribution in [2.24, 2.45) is 5.92 Å². The summed E-state index contributed by atoms with van der Waals surface area (Å²) >= 11 is 4.94. The van der Waals surface area contributed by atoms with E-state index >= 15 is 0 Å². The van der Waals surface area contributed by atoms with Crippen molar-refractivity contribution in [1.29, 1.82) is 0 Å². The molecule has 1 aromatic rings. The Morgan fingerprint density at radius 1 is 1.43 bits per heavy atom. The van der Waals surface area contributed by atoms with Gasteiger partial charge < -0.3 is 10.4 Å². The summed E-state index contributed by atoms with van der Waals surface area (Å²) in [7, 11) is 0. The van der Waals surface area contributed by atoms with E-state index in [1.165, 1.54) is 0 Å². The van der Waals surface area contributed by atoms with Gasteiger partial charge in [-0.1, -0.05) is 30.4 Å². The number of nitrogens with one attached hydrogen (secondary N) is 1. The summed E-state index contributed by atoms with van der Waals surface area (Å²) in [5.41, 5.74) is 0.811. The van der Waals surface area contributed by atoms with E-state index in [2.05, 4.69) is 5.32 Å². The minimum Gasteiger partial charge on any atom is -0.481 e. The van der Waals surface area contributed by atoms with E-state index in [9.17, 15) is 4.79 Å². The molecule has 0 heterocycles. The Hall–Kier alpha value is -1.42. The first-order chi connectivity index (χ1) is 6.61. The topological polar surface area (TPSA) is 49.3 Å². The molecule has 1 rings (SSSR count). The number of thiocarbonyl (C=S) groups is 1. The lowest BCUT2D eigenvalue weighted by Crippen LogP contribution is -2.25. The number of carboxylic acid groups (broad SMARTS) is 1. The summed E-state index contributed by atoms with van der Waals surface area (Å²) in [5, 5.41) is 11.6. The van der Waals surface area contributed by atoms with Gasteiger partial charge in [-0.15, -0.1) is 0 Å². The molecule has 0 amide bonds. The molecule has 0 radical (unpaired) electrons. The fourth-order valence-electron chi connectivity index (χ4n) is 0.884. The minimum atomic E-state index is -0.918. The third-order valence-corrected chi connectivity index (χ3v) is 2.26. The summed E-state index contributed by atoms with van der Waals surface area (Å²) in [5.74, 6) is -1.58. The molecule has 0 aromatic heterocycles.